The van der Waals surface area contributed by atoms with Gasteiger partial charge in [-0.05, 0) is 35.9 Å². The van der Waals surface area contributed by atoms with E-state index < -0.39 is 35.9 Å². The van der Waals surface area contributed by atoms with Crippen molar-refractivity contribution in [1.82, 2.24) is 14.9 Å². The fourth-order valence-electron chi connectivity index (χ4n) is 3.71. The van der Waals surface area contributed by atoms with Crippen molar-refractivity contribution in [3.8, 4) is 16.9 Å². The number of amides is 2. The number of nitrogens with zero attached hydrogens (tertiary/aromatic N) is 3. The minimum Gasteiger partial charge on any atom is -0.404 e. The van der Waals surface area contributed by atoms with Crippen LogP contribution in [-0.2, 0) is 15.7 Å². The number of carbonyl (C=O) groups excluding carboxylic acids is 2. The first-order valence-corrected chi connectivity index (χ1v) is 11.7. The number of aromatic nitrogens is 2. The van der Waals surface area contributed by atoms with Gasteiger partial charge in [0.15, 0.2) is 5.75 Å². The van der Waals surface area contributed by atoms with Crippen LogP contribution >= 0.6 is 0 Å². The molecule has 0 atom stereocenters. The van der Waals surface area contributed by atoms with E-state index in [-0.39, 0.29) is 23.5 Å². The maximum atomic E-state index is 12.9. The number of benzene rings is 2. The number of morpholine rings is 1. The lowest BCUT2D eigenvalue weighted by molar-refractivity contribution is -0.274. The van der Waals surface area contributed by atoms with E-state index in [0.29, 0.717) is 37.4 Å². The molecule has 2 heterocycles. The van der Waals surface area contributed by atoms with Crippen molar-refractivity contribution in [2.75, 3.05) is 43.5 Å². The van der Waals surface area contributed by atoms with Gasteiger partial charge in [0.2, 0.25) is 11.7 Å². The Labute approximate surface area is 223 Å². The first-order chi connectivity index (χ1) is 18.9. The molecule has 2 amide bonds. The Morgan fingerprint density at radius 1 is 0.900 bits per heavy atom. The topological polar surface area (TPSA) is 106 Å². The lowest BCUT2D eigenvalue weighted by Gasteiger charge is -2.26. The molecule has 1 fully saturated rings. The molecule has 2 aromatic carbocycles. The van der Waals surface area contributed by atoms with E-state index in [1.807, 2.05) is 0 Å². The van der Waals surface area contributed by atoms with E-state index in [2.05, 4.69) is 25.3 Å². The Bertz CT molecular complexity index is 1340. The predicted octanol–water partition coefficient (Wildman–Crippen LogP) is 4.58. The van der Waals surface area contributed by atoms with Crippen molar-refractivity contribution in [2.24, 2.45) is 0 Å². The first-order valence-electron chi connectivity index (χ1n) is 11.7. The van der Waals surface area contributed by atoms with Crippen LogP contribution in [0, 0.1) is 0 Å². The van der Waals surface area contributed by atoms with E-state index >= 15 is 0 Å². The Kier molecular flexibility index (Phi) is 8.54. The first kappa shape index (κ1) is 28.8. The third-order valence-electron chi connectivity index (χ3n) is 5.59. The quantitative estimate of drug-likeness (QED) is 0.402. The van der Waals surface area contributed by atoms with Crippen LogP contribution in [0.4, 0.5) is 37.7 Å². The zero-order valence-corrected chi connectivity index (χ0v) is 20.5. The number of hydrogen-bond donors (Lipinski definition) is 2. The van der Waals surface area contributed by atoms with Crippen LogP contribution in [-0.4, -0.2) is 65.9 Å². The number of rotatable bonds is 7. The van der Waals surface area contributed by atoms with Crippen LogP contribution in [0.2, 0.25) is 0 Å². The molecular formula is C25H21F6N5O4. The van der Waals surface area contributed by atoms with Crippen LogP contribution in [0.5, 0.6) is 5.75 Å². The van der Waals surface area contributed by atoms with E-state index in [1.54, 1.807) is 4.90 Å². The summed E-state index contributed by atoms with van der Waals surface area (Å²) in [6.45, 7) is 1.70. The molecule has 1 aliphatic rings. The second kappa shape index (κ2) is 11.9. The van der Waals surface area contributed by atoms with Gasteiger partial charge in [-0.2, -0.15) is 13.2 Å². The molecule has 0 unspecified atom stereocenters. The number of carbonyl (C=O) groups is 2. The molecule has 0 bridgehead atoms. The molecule has 0 saturated carbocycles. The molecule has 0 radical (unpaired) electrons. The molecule has 212 valence electrons. The molecule has 0 aliphatic carbocycles. The van der Waals surface area contributed by atoms with Gasteiger partial charge in [-0.15, -0.1) is 13.2 Å². The summed E-state index contributed by atoms with van der Waals surface area (Å²) >= 11 is 0. The van der Waals surface area contributed by atoms with Gasteiger partial charge >= 0.3 is 12.5 Å². The predicted molar refractivity (Wildman–Crippen MR) is 129 cm³/mol. The molecule has 1 aliphatic heterocycles. The highest BCUT2D eigenvalue weighted by Gasteiger charge is 2.34. The van der Waals surface area contributed by atoms with E-state index in [0.717, 1.165) is 30.6 Å². The van der Waals surface area contributed by atoms with Gasteiger partial charge in [-0.1, -0.05) is 12.1 Å². The monoisotopic (exact) mass is 569 g/mol. The fraction of sp³-hybridized carbons (Fsp3) is 0.280. The number of alkyl halides is 6. The SMILES string of the molecule is O=C(CN1CCOCC1)Nc1cc(C(=O)Nc2ccc(-c3cnc(C(F)(F)F)nc3)cc2)ccc1OC(F)(F)F. The molecule has 2 N–H and O–H groups in total. The molecule has 4 rings (SSSR count). The van der Waals surface area contributed by atoms with Gasteiger partial charge in [0, 0.05) is 42.3 Å². The summed E-state index contributed by atoms with van der Waals surface area (Å²) in [5.41, 5.74) is 0.654. The normalized spacial score (nSPS) is 14.4. The average Bonchev–Trinajstić information content (AvgIpc) is 2.89. The molecule has 1 aromatic heterocycles. The van der Waals surface area contributed by atoms with Crippen molar-refractivity contribution in [2.45, 2.75) is 12.5 Å². The van der Waals surface area contributed by atoms with E-state index in [4.69, 9.17) is 4.74 Å². The smallest absolute Gasteiger partial charge is 0.404 e. The summed E-state index contributed by atoms with van der Waals surface area (Å²) in [7, 11) is 0. The van der Waals surface area contributed by atoms with Gasteiger partial charge in [-0.25, -0.2) is 9.97 Å². The molecule has 1 saturated heterocycles. The summed E-state index contributed by atoms with van der Waals surface area (Å²) in [6, 6.07) is 9.04. The van der Waals surface area contributed by atoms with Crippen LogP contribution in [0.3, 0.4) is 0 Å². The van der Waals surface area contributed by atoms with Gasteiger partial charge < -0.3 is 20.1 Å². The summed E-state index contributed by atoms with van der Waals surface area (Å²) in [6.07, 6.45) is -7.67. The van der Waals surface area contributed by atoms with Gasteiger partial charge in [-0.3, -0.25) is 14.5 Å². The highest BCUT2D eigenvalue weighted by Crippen LogP contribution is 2.32. The van der Waals surface area contributed by atoms with E-state index in [9.17, 15) is 35.9 Å². The molecule has 40 heavy (non-hydrogen) atoms. The fourth-order valence-corrected chi connectivity index (χ4v) is 3.71. The Morgan fingerprint density at radius 2 is 1.55 bits per heavy atom. The number of nitrogens with one attached hydrogen (secondary N) is 2. The number of anilines is 2. The van der Waals surface area contributed by atoms with Gasteiger partial charge in [0.1, 0.15) is 0 Å². The van der Waals surface area contributed by atoms with Crippen molar-refractivity contribution in [1.29, 1.82) is 0 Å². The second-order valence-corrected chi connectivity index (χ2v) is 8.52. The molecule has 15 heteroatoms. The number of ether oxygens (including phenoxy) is 2. The lowest BCUT2D eigenvalue weighted by atomic mass is 10.1. The summed E-state index contributed by atoms with van der Waals surface area (Å²) < 4.78 is 85.9. The van der Waals surface area contributed by atoms with Crippen LogP contribution < -0.4 is 15.4 Å². The highest BCUT2D eigenvalue weighted by molar-refractivity contribution is 6.06. The molecular weight excluding hydrogens is 548 g/mol. The lowest BCUT2D eigenvalue weighted by Crippen LogP contribution is -2.41. The zero-order valence-electron chi connectivity index (χ0n) is 20.5. The van der Waals surface area contributed by atoms with Crippen LogP contribution in [0.15, 0.2) is 54.9 Å². The number of hydrogen-bond acceptors (Lipinski definition) is 7. The van der Waals surface area contributed by atoms with Crippen molar-refractivity contribution in [3.05, 3.63) is 66.2 Å². The average molecular weight is 569 g/mol. The van der Waals surface area contributed by atoms with Crippen LogP contribution in [0.1, 0.15) is 16.2 Å². The van der Waals surface area contributed by atoms with Gasteiger partial charge in [0.05, 0.1) is 25.4 Å². The second-order valence-electron chi connectivity index (χ2n) is 8.52. The van der Waals surface area contributed by atoms with Crippen molar-refractivity contribution < 1.29 is 45.4 Å². The summed E-state index contributed by atoms with van der Waals surface area (Å²) in [5, 5.41) is 4.93. The third kappa shape index (κ3) is 7.89. The summed E-state index contributed by atoms with van der Waals surface area (Å²) in [5.74, 6) is -3.27. The van der Waals surface area contributed by atoms with Crippen molar-refractivity contribution in [3.63, 3.8) is 0 Å². The largest absolute Gasteiger partial charge is 0.573 e. The minimum atomic E-state index is -5.03. The van der Waals surface area contributed by atoms with Gasteiger partial charge in [0.25, 0.3) is 5.91 Å². The standard InChI is InChI=1S/C25H21F6N5O4/c26-24(27,28)23-32-12-17(13-33-23)15-1-4-18(5-2-15)34-22(38)16-3-6-20(40-25(29,30)31)19(11-16)35-21(37)14-36-7-9-39-10-8-36/h1-6,11-13H,7-10,14H2,(H,34,38)(H,35,37). The Hall–Kier alpha value is -4.24. The zero-order chi connectivity index (χ0) is 28.9. The third-order valence-corrected chi connectivity index (χ3v) is 5.59. The minimum absolute atomic E-state index is 0.0728. The molecule has 0 spiro atoms. The van der Waals surface area contributed by atoms with E-state index in [1.165, 1.54) is 24.3 Å². The summed E-state index contributed by atoms with van der Waals surface area (Å²) in [4.78, 5) is 33.7. The highest BCUT2D eigenvalue weighted by atomic mass is 19.4. The maximum absolute atomic E-state index is 12.9. The Balaban J connectivity index is 1.46. The molecule has 3 aromatic rings. The molecule has 9 nitrogen and oxygen atoms in total. The van der Waals surface area contributed by atoms with Crippen molar-refractivity contribution >= 4 is 23.2 Å². The Morgan fingerprint density at radius 3 is 2.15 bits per heavy atom. The maximum Gasteiger partial charge on any atom is 0.573 e. The number of halogens is 6. The van der Waals surface area contributed by atoms with Crippen LogP contribution in [0.25, 0.3) is 11.1 Å².